The standard InChI is InChI=1S/C14H16ClNO3/c1-9(2)8-19-13-4-3-10(6-12(13)15)5-11(7-16)14(17)18/h3-4,6,9,11H,5,8H2,1-2H3,(H,17,18)/t11-/m1/s1. The Morgan fingerprint density at radius 3 is 2.68 bits per heavy atom. The molecule has 1 rings (SSSR count). The zero-order valence-electron chi connectivity index (χ0n) is 10.9. The third-order valence-electron chi connectivity index (χ3n) is 2.46. The van der Waals surface area contributed by atoms with Crippen LogP contribution in [0.1, 0.15) is 19.4 Å². The van der Waals surface area contributed by atoms with Crippen molar-refractivity contribution >= 4 is 17.6 Å². The normalized spacial score (nSPS) is 11.9. The maximum atomic E-state index is 10.8. The summed E-state index contributed by atoms with van der Waals surface area (Å²) >= 11 is 6.06. The SMILES string of the molecule is CC(C)COc1ccc(C[C@H](C#N)C(=O)O)cc1Cl. The predicted molar refractivity (Wildman–Crippen MR) is 72.2 cm³/mol. The van der Waals surface area contributed by atoms with E-state index in [4.69, 9.17) is 26.7 Å². The fourth-order valence-corrected chi connectivity index (χ4v) is 1.73. The van der Waals surface area contributed by atoms with Gasteiger partial charge in [-0.05, 0) is 30.0 Å². The molecule has 0 saturated heterocycles. The lowest BCUT2D eigenvalue weighted by atomic mass is 10.0. The van der Waals surface area contributed by atoms with Crippen molar-refractivity contribution in [2.24, 2.45) is 11.8 Å². The molecule has 0 heterocycles. The molecule has 0 bridgehead atoms. The molecule has 1 N–H and O–H groups in total. The number of carboxylic acid groups (broad SMARTS) is 1. The van der Waals surface area contributed by atoms with E-state index in [0.717, 1.165) is 0 Å². The van der Waals surface area contributed by atoms with Crippen molar-refractivity contribution in [1.29, 1.82) is 5.26 Å². The summed E-state index contributed by atoms with van der Waals surface area (Å²) in [7, 11) is 0. The minimum Gasteiger partial charge on any atom is -0.492 e. The summed E-state index contributed by atoms with van der Waals surface area (Å²) in [4.78, 5) is 10.8. The van der Waals surface area contributed by atoms with Crippen LogP contribution in [0.25, 0.3) is 0 Å². The quantitative estimate of drug-likeness (QED) is 0.869. The molecule has 0 amide bonds. The summed E-state index contributed by atoms with van der Waals surface area (Å²) in [6.07, 6.45) is 0.135. The second-order valence-electron chi connectivity index (χ2n) is 4.69. The Morgan fingerprint density at radius 1 is 1.53 bits per heavy atom. The van der Waals surface area contributed by atoms with E-state index in [9.17, 15) is 4.79 Å². The van der Waals surface area contributed by atoms with Crippen molar-refractivity contribution < 1.29 is 14.6 Å². The molecule has 0 aromatic heterocycles. The summed E-state index contributed by atoms with van der Waals surface area (Å²) in [5.41, 5.74) is 0.704. The maximum absolute atomic E-state index is 10.8. The van der Waals surface area contributed by atoms with Crippen LogP contribution in [-0.4, -0.2) is 17.7 Å². The van der Waals surface area contributed by atoms with Crippen molar-refractivity contribution in [2.45, 2.75) is 20.3 Å². The molecule has 1 aromatic carbocycles. The zero-order valence-corrected chi connectivity index (χ0v) is 11.6. The molecule has 1 aromatic rings. The van der Waals surface area contributed by atoms with Crippen LogP contribution in [0.5, 0.6) is 5.75 Å². The third-order valence-corrected chi connectivity index (χ3v) is 2.76. The van der Waals surface area contributed by atoms with Gasteiger partial charge in [0.15, 0.2) is 0 Å². The topological polar surface area (TPSA) is 70.3 Å². The lowest BCUT2D eigenvalue weighted by Gasteiger charge is -2.11. The maximum Gasteiger partial charge on any atom is 0.321 e. The summed E-state index contributed by atoms with van der Waals surface area (Å²) in [5.74, 6) is -1.22. The molecule has 0 saturated carbocycles. The van der Waals surface area contributed by atoms with E-state index >= 15 is 0 Å². The first kappa shape index (κ1) is 15.3. The summed E-state index contributed by atoms with van der Waals surface area (Å²) in [6, 6.07) is 6.83. The van der Waals surface area contributed by atoms with Gasteiger partial charge in [0.25, 0.3) is 0 Å². The lowest BCUT2D eigenvalue weighted by molar-refractivity contribution is -0.139. The number of nitriles is 1. The van der Waals surface area contributed by atoms with E-state index in [2.05, 4.69) is 0 Å². The average molecular weight is 282 g/mol. The first-order valence-electron chi connectivity index (χ1n) is 5.97. The van der Waals surface area contributed by atoms with Gasteiger partial charge in [-0.25, -0.2) is 0 Å². The Balaban J connectivity index is 2.77. The summed E-state index contributed by atoms with van der Waals surface area (Å²) in [6.45, 7) is 4.63. The Morgan fingerprint density at radius 2 is 2.21 bits per heavy atom. The van der Waals surface area contributed by atoms with Crippen LogP contribution < -0.4 is 4.74 Å². The Hall–Kier alpha value is -1.73. The van der Waals surface area contributed by atoms with Gasteiger partial charge >= 0.3 is 5.97 Å². The number of halogens is 1. The minimum atomic E-state index is -1.13. The van der Waals surface area contributed by atoms with Crippen molar-refractivity contribution in [3.63, 3.8) is 0 Å². The molecule has 0 aliphatic heterocycles. The fraction of sp³-hybridized carbons (Fsp3) is 0.429. The number of rotatable bonds is 6. The van der Waals surface area contributed by atoms with Gasteiger partial charge in [-0.3, -0.25) is 4.79 Å². The third kappa shape index (κ3) is 4.80. The lowest BCUT2D eigenvalue weighted by Crippen LogP contribution is -2.14. The highest BCUT2D eigenvalue weighted by Crippen LogP contribution is 2.27. The molecule has 0 fully saturated rings. The van der Waals surface area contributed by atoms with Gasteiger partial charge in [0.2, 0.25) is 0 Å². The number of benzene rings is 1. The molecule has 0 radical (unpaired) electrons. The number of hydrogen-bond acceptors (Lipinski definition) is 3. The van der Waals surface area contributed by atoms with E-state index in [0.29, 0.717) is 28.9 Å². The largest absolute Gasteiger partial charge is 0.492 e. The molecule has 0 aliphatic carbocycles. The van der Waals surface area contributed by atoms with Gasteiger partial charge in [0.05, 0.1) is 17.7 Å². The molecule has 102 valence electrons. The molecule has 1 atom stereocenters. The number of carboxylic acids is 1. The molecular weight excluding hydrogens is 266 g/mol. The van der Waals surface area contributed by atoms with Crippen LogP contribution >= 0.6 is 11.6 Å². The summed E-state index contributed by atoms with van der Waals surface area (Å²) in [5, 5.41) is 18.0. The van der Waals surface area contributed by atoms with Crippen LogP contribution in [0.15, 0.2) is 18.2 Å². The van der Waals surface area contributed by atoms with Gasteiger partial charge in [-0.15, -0.1) is 0 Å². The Labute approximate surface area is 117 Å². The molecule has 19 heavy (non-hydrogen) atoms. The number of carbonyl (C=O) groups is 1. The van der Waals surface area contributed by atoms with E-state index in [1.807, 2.05) is 13.8 Å². The number of hydrogen-bond donors (Lipinski definition) is 1. The van der Waals surface area contributed by atoms with Gasteiger partial charge < -0.3 is 9.84 Å². The fourth-order valence-electron chi connectivity index (χ4n) is 1.47. The highest BCUT2D eigenvalue weighted by atomic mass is 35.5. The minimum absolute atomic E-state index is 0.135. The first-order chi connectivity index (χ1) is 8.93. The van der Waals surface area contributed by atoms with Crippen LogP contribution in [0, 0.1) is 23.2 Å². The van der Waals surface area contributed by atoms with Crippen LogP contribution in [0.3, 0.4) is 0 Å². The second-order valence-corrected chi connectivity index (χ2v) is 5.10. The van der Waals surface area contributed by atoms with Crippen LogP contribution in [0.2, 0.25) is 5.02 Å². The highest BCUT2D eigenvalue weighted by molar-refractivity contribution is 6.32. The molecule has 5 heteroatoms. The molecule has 0 spiro atoms. The molecule has 0 aliphatic rings. The average Bonchev–Trinajstić information content (AvgIpc) is 2.34. The molecular formula is C14H16ClNO3. The monoisotopic (exact) mass is 281 g/mol. The van der Waals surface area contributed by atoms with Crippen molar-refractivity contribution in [1.82, 2.24) is 0 Å². The van der Waals surface area contributed by atoms with Gasteiger partial charge in [-0.1, -0.05) is 31.5 Å². The number of aliphatic carboxylic acids is 1. The van der Waals surface area contributed by atoms with E-state index in [-0.39, 0.29) is 6.42 Å². The summed E-state index contributed by atoms with van der Waals surface area (Å²) < 4.78 is 5.52. The van der Waals surface area contributed by atoms with E-state index < -0.39 is 11.9 Å². The van der Waals surface area contributed by atoms with Gasteiger partial charge in [0, 0.05) is 0 Å². The Kier molecular flexibility index (Phi) is 5.65. The second kappa shape index (κ2) is 7.01. The van der Waals surface area contributed by atoms with Crippen LogP contribution in [0.4, 0.5) is 0 Å². The van der Waals surface area contributed by atoms with E-state index in [1.54, 1.807) is 24.3 Å². The van der Waals surface area contributed by atoms with Gasteiger partial charge in [-0.2, -0.15) is 5.26 Å². The van der Waals surface area contributed by atoms with Gasteiger partial charge in [0.1, 0.15) is 11.7 Å². The molecule has 0 unspecified atom stereocenters. The van der Waals surface area contributed by atoms with Crippen molar-refractivity contribution in [3.8, 4) is 11.8 Å². The van der Waals surface area contributed by atoms with Crippen molar-refractivity contribution in [3.05, 3.63) is 28.8 Å². The predicted octanol–water partition coefficient (Wildman–Crippen LogP) is 3.14. The van der Waals surface area contributed by atoms with Crippen molar-refractivity contribution in [2.75, 3.05) is 6.61 Å². The number of ether oxygens (including phenoxy) is 1. The smallest absolute Gasteiger partial charge is 0.321 e. The zero-order chi connectivity index (χ0) is 14.4. The molecule has 4 nitrogen and oxygen atoms in total. The first-order valence-corrected chi connectivity index (χ1v) is 6.35. The number of nitrogens with zero attached hydrogens (tertiary/aromatic N) is 1. The van der Waals surface area contributed by atoms with E-state index in [1.165, 1.54) is 0 Å². The highest BCUT2D eigenvalue weighted by Gasteiger charge is 2.17. The Bertz CT molecular complexity index is 494. The van der Waals surface area contributed by atoms with Crippen LogP contribution in [-0.2, 0) is 11.2 Å².